The fourth-order valence-corrected chi connectivity index (χ4v) is 2.29. The largest absolute Gasteiger partial charge is 0.366 e. The molecular formula is C15H14BrN3. The number of hydrogen-bond acceptors (Lipinski definition) is 3. The number of pyridine rings is 1. The lowest BCUT2D eigenvalue weighted by Gasteiger charge is -2.24. The number of nitrogens with zero attached hydrogens (tertiary/aromatic N) is 3. The average Bonchev–Trinajstić information content (AvgIpc) is 2.46. The Morgan fingerprint density at radius 2 is 2.00 bits per heavy atom. The van der Waals surface area contributed by atoms with E-state index in [4.69, 9.17) is 0 Å². The van der Waals surface area contributed by atoms with E-state index >= 15 is 0 Å². The van der Waals surface area contributed by atoms with Crippen LogP contribution < -0.4 is 4.90 Å². The molecule has 4 heteroatoms. The second kappa shape index (κ2) is 6.35. The molecule has 0 saturated carbocycles. The molecule has 0 fully saturated rings. The highest BCUT2D eigenvalue weighted by molar-refractivity contribution is 9.10. The standard InChI is InChI=1S/C15H14BrN3/c1-2-19(11-12-5-7-18-8-6-12)15-9-14(16)4-3-13(15)10-17/h3-9H,2,11H2,1H3. The highest BCUT2D eigenvalue weighted by Gasteiger charge is 2.10. The molecule has 3 nitrogen and oxygen atoms in total. The number of hydrogen-bond donors (Lipinski definition) is 0. The molecule has 0 aliphatic carbocycles. The summed E-state index contributed by atoms with van der Waals surface area (Å²) in [6, 6.07) is 12.0. The number of halogens is 1. The molecule has 0 aliphatic heterocycles. The number of nitriles is 1. The molecule has 96 valence electrons. The Balaban J connectivity index is 2.32. The fraction of sp³-hybridized carbons (Fsp3) is 0.200. The van der Waals surface area contributed by atoms with Crippen LogP contribution in [0.15, 0.2) is 47.2 Å². The maximum Gasteiger partial charge on any atom is 0.101 e. The number of benzene rings is 1. The summed E-state index contributed by atoms with van der Waals surface area (Å²) in [5.74, 6) is 0. The first-order valence-electron chi connectivity index (χ1n) is 6.08. The van der Waals surface area contributed by atoms with Crippen molar-refractivity contribution in [3.63, 3.8) is 0 Å². The Morgan fingerprint density at radius 3 is 2.63 bits per heavy atom. The first-order chi connectivity index (χ1) is 9.24. The molecule has 0 saturated heterocycles. The minimum absolute atomic E-state index is 0.694. The summed E-state index contributed by atoms with van der Waals surface area (Å²) in [6.07, 6.45) is 3.57. The highest BCUT2D eigenvalue weighted by atomic mass is 79.9. The van der Waals surface area contributed by atoms with Gasteiger partial charge >= 0.3 is 0 Å². The van der Waals surface area contributed by atoms with Gasteiger partial charge in [-0.1, -0.05) is 15.9 Å². The maximum absolute atomic E-state index is 9.22. The van der Waals surface area contributed by atoms with E-state index in [2.05, 4.69) is 38.8 Å². The van der Waals surface area contributed by atoms with Crippen LogP contribution in [0.4, 0.5) is 5.69 Å². The van der Waals surface area contributed by atoms with Crippen molar-refractivity contribution in [1.29, 1.82) is 5.26 Å². The first-order valence-corrected chi connectivity index (χ1v) is 6.87. The van der Waals surface area contributed by atoms with Crippen LogP contribution in [0.5, 0.6) is 0 Å². The van der Waals surface area contributed by atoms with Gasteiger partial charge < -0.3 is 4.90 Å². The van der Waals surface area contributed by atoms with Gasteiger partial charge in [-0.2, -0.15) is 5.26 Å². The van der Waals surface area contributed by atoms with E-state index < -0.39 is 0 Å². The van der Waals surface area contributed by atoms with E-state index in [1.165, 1.54) is 5.56 Å². The van der Waals surface area contributed by atoms with Gasteiger partial charge in [-0.05, 0) is 42.8 Å². The van der Waals surface area contributed by atoms with Crippen molar-refractivity contribution in [1.82, 2.24) is 4.98 Å². The third-order valence-corrected chi connectivity index (χ3v) is 3.42. The van der Waals surface area contributed by atoms with Crippen molar-refractivity contribution in [3.8, 4) is 6.07 Å². The summed E-state index contributed by atoms with van der Waals surface area (Å²) < 4.78 is 0.981. The smallest absolute Gasteiger partial charge is 0.101 e. The Hall–Kier alpha value is -1.86. The highest BCUT2D eigenvalue weighted by Crippen LogP contribution is 2.25. The third-order valence-electron chi connectivity index (χ3n) is 2.93. The predicted octanol–water partition coefficient (Wildman–Crippen LogP) is 3.74. The van der Waals surface area contributed by atoms with Crippen LogP contribution in [-0.2, 0) is 6.54 Å². The van der Waals surface area contributed by atoms with E-state index in [1.807, 2.05) is 30.3 Å². The van der Waals surface area contributed by atoms with Gasteiger partial charge in [0, 0.05) is 30.0 Å². The van der Waals surface area contributed by atoms with Crippen molar-refractivity contribution in [2.24, 2.45) is 0 Å². The summed E-state index contributed by atoms with van der Waals surface area (Å²) >= 11 is 3.46. The summed E-state index contributed by atoms with van der Waals surface area (Å²) in [5.41, 5.74) is 2.83. The van der Waals surface area contributed by atoms with Crippen molar-refractivity contribution in [2.45, 2.75) is 13.5 Å². The van der Waals surface area contributed by atoms with Crippen LogP contribution in [0.1, 0.15) is 18.1 Å². The molecule has 0 spiro atoms. The molecular weight excluding hydrogens is 302 g/mol. The molecule has 1 aromatic heterocycles. The molecule has 19 heavy (non-hydrogen) atoms. The molecule has 2 rings (SSSR count). The van der Waals surface area contributed by atoms with Crippen LogP contribution in [0.3, 0.4) is 0 Å². The Bertz CT molecular complexity index is 590. The van der Waals surface area contributed by atoms with E-state index in [1.54, 1.807) is 12.4 Å². The van der Waals surface area contributed by atoms with E-state index in [0.717, 1.165) is 23.2 Å². The molecule has 2 aromatic rings. The summed E-state index contributed by atoms with van der Waals surface area (Å²) in [7, 11) is 0. The first kappa shape index (κ1) is 13.6. The van der Waals surface area contributed by atoms with Crippen LogP contribution in [-0.4, -0.2) is 11.5 Å². The SMILES string of the molecule is CCN(Cc1ccncc1)c1cc(Br)ccc1C#N. The van der Waals surface area contributed by atoms with Gasteiger partial charge in [-0.3, -0.25) is 4.98 Å². The molecule has 0 unspecified atom stereocenters. The van der Waals surface area contributed by atoms with Crippen molar-refractivity contribution in [2.75, 3.05) is 11.4 Å². The lowest BCUT2D eigenvalue weighted by atomic mass is 10.1. The molecule has 0 amide bonds. The van der Waals surface area contributed by atoms with Gasteiger partial charge in [-0.15, -0.1) is 0 Å². The topological polar surface area (TPSA) is 39.9 Å². The Kier molecular flexibility index (Phi) is 4.53. The second-order valence-electron chi connectivity index (χ2n) is 4.14. The van der Waals surface area contributed by atoms with Crippen LogP contribution in [0.2, 0.25) is 0 Å². The lowest BCUT2D eigenvalue weighted by Crippen LogP contribution is -2.23. The Labute approximate surface area is 121 Å². The van der Waals surface area contributed by atoms with E-state index in [-0.39, 0.29) is 0 Å². The normalized spacial score (nSPS) is 9.95. The van der Waals surface area contributed by atoms with Gasteiger partial charge in [-0.25, -0.2) is 0 Å². The quantitative estimate of drug-likeness (QED) is 0.862. The average molecular weight is 316 g/mol. The minimum Gasteiger partial charge on any atom is -0.366 e. The van der Waals surface area contributed by atoms with Crippen LogP contribution >= 0.6 is 15.9 Å². The Morgan fingerprint density at radius 1 is 1.26 bits per heavy atom. The lowest BCUT2D eigenvalue weighted by molar-refractivity contribution is 0.828. The molecule has 0 N–H and O–H groups in total. The summed E-state index contributed by atoms with van der Waals surface area (Å²) in [6.45, 7) is 3.70. The zero-order chi connectivity index (χ0) is 13.7. The number of rotatable bonds is 4. The van der Waals surface area contributed by atoms with Crippen molar-refractivity contribution >= 4 is 21.6 Å². The van der Waals surface area contributed by atoms with Gasteiger partial charge in [0.05, 0.1) is 11.3 Å². The molecule has 1 heterocycles. The molecule has 0 radical (unpaired) electrons. The van der Waals surface area contributed by atoms with Gasteiger partial charge in [0.15, 0.2) is 0 Å². The van der Waals surface area contributed by atoms with Crippen molar-refractivity contribution < 1.29 is 0 Å². The van der Waals surface area contributed by atoms with E-state index in [0.29, 0.717) is 5.56 Å². The molecule has 0 aliphatic rings. The summed E-state index contributed by atoms with van der Waals surface area (Å²) in [5, 5.41) is 9.22. The second-order valence-corrected chi connectivity index (χ2v) is 5.06. The minimum atomic E-state index is 0.694. The van der Waals surface area contributed by atoms with Gasteiger partial charge in [0.1, 0.15) is 6.07 Å². The molecule has 0 bridgehead atoms. The third kappa shape index (κ3) is 3.33. The van der Waals surface area contributed by atoms with E-state index in [9.17, 15) is 5.26 Å². The maximum atomic E-state index is 9.22. The van der Waals surface area contributed by atoms with Gasteiger partial charge in [0.25, 0.3) is 0 Å². The summed E-state index contributed by atoms with van der Waals surface area (Å²) in [4.78, 5) is 6.20. The van der Waals surface area contributed by atoms with Crippen molar-refractivity contribution in [3.05, 3.63) is 58.3 Å². The molecule has 1 aromatic carbocycles. The van der Waals surface area contributed by atoms with Gasteiger partial charge in [0.2, 0.25) is 0 Å². The predicted molar refractivity (Wildman–Crippen MR) is 79.8 cm³/mol. The molecule has 0 atom stereocenters. The zero-order valence-electron chi connectivity index (χ0n) is 10.7. The number of aromatic nitrogens is 1. The van der Waals surface area contributed by atoms with Crippen LogP contribution in [0, 0.1) is 11.3 Å². The fourth-order valence-electron chi connectivity index (χ4n) is 1.94. The monoisotopic (exact) mass is 315 g/mol. The van der Waals surface area contributed by atoms with Crippen LogP contribution in [0.25, 0.3) is 0 Å². The zero-order valence-corrected chi connectivity index (χ0v) is 12.3. The number of anilines is 1.